The lowest BCUT2D eigenvalue weighted by Crippen LogP contribution is -2.00. The highest BCUT2D eigenvalue weighted by molar-refractivity contribution is 6.20. The molecule has 0 N–H and O–H groups in total. The van der Waals surface area contributed by atoms with Gasteiger partial charge in [-0.25, -0.2) is 15.0 Å². The van der Waals surface area contributed by atoms with E-state index >= 15 is 0 Å². The molecular formula is C53H31N3. The first-order valence-electron chi connectivity index (χ1n) is 19.1. The molecule has 3 heteroatoms. The van der Waals surface area contributed by atoms with E-state index in [-0.39, 0.29) is 0 Å². The van der Waals surface area contributed by atoms with Crippen LogP contribution in [-0.2, 0) is 0 Å². The van der Waals surface area contributed by atoms with Crippen LogP contribution in [0.5, 0.6) is 0 Å². The van der Waals surface area contributed by atoms with Crippen LogP contribution >= 0.6 is 0 Å². The topological polar surface area (TPSA) is 38.7 Å². The van der Waals surface area contributed by atoms with Gasteiger partial charge in [0.05, 0.1) is 0 Å². The Morgan fingerprint density at radius 2 is 0.536 bits per heavy atom. The maximum absolute atomic E-state index is 5.20. The molecule has 1 heterocycles. The van der Waals surface area contributed by atoms with Crippen molar-refractivity contribution in [2.75, 3.05) is 0 Å². The minimum atomic E-state index is 0.637. The Kier molecular flexibility index (Phi) is 6.63. The zero-order valence-electron chi connectivity index (χ0n) is 30.2. The smallest absolute Gasteiger partial charge is 0.164 e. The van der Waals surface area contributed by atoms with Crippen molar-refractivity contribution < 1.29 is 0 Å². The van der Waals surface area contributed by atoms with Gasteiger partial charge >= 0.3 is 0 Å². The molecule has 12 rings (SSSR count). The van der Waals surface area contributed by atoms with Crippen LogP contribution in [0.25, 0.3) is 122 Å². The number of nitrogens with zero attached hydrogens (tertiary/aromatic N) is 3. The van der Waals surface area contributed by atoms with Crippen molar-refractivity contribution in [1.29, 1.82) is 0 Å². The van der Waals surface area contributed by atoms with Crippen molar-refractivity contribution in [2.24, 2.45) is 0 Å². The number of rotatable bonds is 5. The standard InChI is InChI=1S/C53H31N3/c1-3-13-32(14-4-1)51-54-52(33-15-5-2-6-16-33)56-53(55-51)36-30-34(37-25-27-47-41-19-9-7-17-39(41)45-23-11-21-43(37)49(45)47)29-35(31-36)38-26-28-48-42-20-10-8-18-40(42)46-24-12-22-44(38)50(46)48/h1-31H. The van der Waals surface area contributed by atoms with Gasteiger partial charge in [0.1, 0.15) is 0 Å². The summed E-state index contributed by atoms with van der Waals surface area (Å²) in [4.78, 5) is 15.4. The molecule has 10 aromatic rings. The van der Waals surface area contributed by atoms with Crippen LogP contribution < -0.4 is 0 Å². The number of aromatic nitrogens is 3. The highest BCUT2D eigenvalue weighted by atomic mass is 15.0. The molecule has 0 spiro atoms. The Bertz CT molecular complexity index is 2970. The van der Waals surface area contributed by atoms with Gasteiger partial charge in [-0.1, -0.05) is 170 Å². The summed E-state index contributed by atoms with van der Waals surface area (Å²) in [6.45, 7) is 0. The average Bonchev–Trinajstić information content (AvgIpc) is 3.78. The van der Waals surface area contributed by atoms with Gasteiger partial charge in [-0.2, -0.15) is 0 Å². The monoisotopic (exact) mass is 709 g/mol. The van der Waals surface area contributed by atoms with E-state index in [1.165, 1.54) is 77.2 Å². The van der Waals surface area contributed by atoms with E-state index < -0.39 is 0 Å². The maximum Gasteiger partial charge on any atom is 0.164 e. The molecule has 0 bridgehead atoms. The Balaban J connectivity index is 1.13. The molecule has 1 aromatic heterocycles. The molecule has 0 saturated carbocycles. The highest BCUT2D eigenvalue weighted by Gasteiger charge is 2.25. The molecule has 0 amide bonds. The quantitative estimate of drug-likeness (QED) is 0.179. The fraction of sp³-hybridized carbons (Fsp3) is 0. The Labute approximate surface area is 324 Å². The van der Waals surface area contributed by atoms with Gasteiger partial charge in [-0.05, 0) is 107 Å². The summed E-state index contributed by atoms with van der Waals surface area (Å²) in [5.41, 5.74) is 17.8. The highest BCUT2D eigenvalue weighted by Crippen LogP contribution is 2.51. The molecule has 0 unspecified atom stereocenters. The first-order valence-corrected chi connectivity index (χ1v) is 19.1. The summed E-state index contributed by atoms with van der Waals surface area (Å²) in [7, 11) is 0. The van der Waals surface area contributed by atoms with Crippen LogP contribution in [0.4, 0.5) is 0 Å². The lowest BCUT2D eigenvalue weighted by Gasteiger charge is -2.16. The third kappa shape index (κ3) is 4.61. The molecular weight excluding hydrogens is 679 g/mol. The SMILES string of the molecule is c1ccc(-c2nc(-c3ccccc3)nc(-c3cc(-c4ccc5c6c(cccc46)-c4ccccc4-5)cc(-c4ccc5c6c(cccc46)-c4ccccc4-5)c3)n2)cc1. The predicted octanol–water partition coefficient (Wildman–Crippen LogP) is 13.8. The maximum atomic E-state index is 5.20. The van der Waals surface area contributed by atoms with Crippen LogP contribution in [0.1, 0.15) is 0 Å². The fourth-order valence-corrected chi connectivity index (χ4v) is 9.13. The van der Waals surface area contributed by atoms with Crippen LogP contribution in [-0.4, -0.2) is 15.0 Å². The summed E-state index contributed by atoms with van der Waals surface area (Å²) >= 11 is 0. The van der Waals surface area contributed by atoms with Gasteiger partial charge in [0, 0.05) is 16.7 Å². The zero-order chi connectivity index (χ0) is 36.7. The third-order valence-electron chi connectivity index (χ3n) is 11.6. The Morgan fingerprint density at radius 3 is 0.964 bits per heavy atom. The van der Waals surface area contributed by atoms with Gasteiger partial charge in [-0.15, -0.1) is 0 Å². The largest absolute Gasteiger partial charge is 0.208 e. The van der Waals surface area contributed by atoms with E-state index in [4.69, 9.17) is 15.0 Å². The second-order valence-electron chi connectivity index (χ2n) is 14.7. The molecule has 258 valence electrons. The van der Waals surface area contributed by atoms with Crippen molar-refractivity contribution >= 4 is 21.5 Å². The van der Waals surface area contributed by atoms with Crippen LogP contribution in [0.2, 0.25) is 0 Å². The first kappa shape index (κ1) is 30.9. The molecule has 3 nitrogen and oxygen atoms in total. The van der Waals surface area contributed by atoms with Crippen molar-refractivity contribution in [3.8, 4) is 101 Å². The Hall–Kier alpha value is -7.49. The molecule has 0 aliphatic heterocycles. The summed E-state index contributed by atoms with van der Waals surface area (Å²) in [5.74, 6) is 1.93. The number of hydrogen-bond donors (Lipinski definition) is 0. The number of fused-ring (bicyclic) bond motifs is 6. The van der Waals surface area contributed by atoms with Gasteiger partial charge in [-0.3, -0.25) is 0 Å². The fourth-order valence-electron chi connectivity index (χ4n) is 9.13. The number of hydrogen-bond acceptors (Lipinski definition) is 3. The van der Waals surface area contributed by atoms with Crippen molar-refractivity contribution in [1.82, 2.24) is 15.0 Å². The first-order chi connectivity index (χ1) is 27.8. The second kappa shape index (κ2) is 12.0. The summed E-state index contributed by atoms with van der Waals surface area (Å²) < 4.78 is 0. The van der Waals surface area contributed by atoms with Crippen LogP contribution in [0, 0.1) is 0 Å². The molecule has 9 aromatic carbocycles. The normalized spacial score (nSPS) is 11.9. The summed E-state index contributed by atoms with van der Waals surface area (Å²) in [5, 5.41) is 5.08. The van der Waals surface area contributed by atoms with Gasteiger partial charge in [0.15, 0.2) is 17.5 Å². The summed E-state index contributed by atoms with van der Waals surface area (Å²) in [6.07, 6.45) is 0. The minimum Gasteiger partial charge on any atom is -0.208 e. The third-order valence-corrected chi connectivity index (χ3v) is 11.6. The predicted molar refractivity (Wildman–Crippen MR) is 231 cm³/mol. The molecule has 2 aliphatic carbocycles. The lowest BCUT2D eigenvalue weighted by molar-refractivity contribution is 1.07. The van der Waals surface area contributed by atoms with Gasteiger partial charge in [0.2, 0.25) is 0 Å². The van der Waals surface area contributed by atoms with Gasteiger partial charge in [0.25, 0.3) is 0 Å². The van der Waals surface area contributed by atoms with Crippen molar-refractivity contribution in [3.63, 3.8) is 0 Å². The number of benzene rings is 9. The van der Waals surface area contributed by atoms with Crippen LogP contribution in [0.15, 0.2) is 188 Å². The van der Waals surface area contributed by atoms with E-state index in [1.807, 2.05) is 36.4 Å². The lowest BCUT2D eigenvalue weighted by atomic mass is 9.89. The van der Waals surface area contributed by atoms with E-state index in [2.05, 4.69) is 152 Å². The molecule has 56 heavy (non-hydrogen) atoms. The van der Waals surface area contributed by atoms with E-state index in [0.717, 1.165) is 27.8 Å². The second-order valence-corrected chi connectivity index (χ2v) is 14.7. The average molecular weight is 710 g/mol. The van der Waals surface area contributed by atoms with E-state index in [9.17, 15) is 0 Å². The van der Waals surface area contributed by atoms with E-state index in [0.29, 0.717) is 17.5 Å². The minimum absolute atomic E-state index is 0.637. The molecule has 0 fully saturated rings. The zero-order valence-corrected chi connectivity index (χ0v) is 30.2. The molecule has 0 radical (unpaired) electrons. The van der Waals surface area contributed by atoms with Gasteiger partial charge < -0.3 is 0 Å². The Morgan fingerprint density at radius 1 is 0.214 bits per heavy atom. The molecule has 2 aliphatic rings. The van der Waals surface area contributed by atoms with E-state index in [1.54, 1.807) is 0 Å². The summed E-state index contributed by atoms with van der Waals surface area (Å²) in [6, 6.07) is 67.5. The molecule has 0 atom stereocenters. The molecule has 0 saturated heterocycles. The van der Waals surface area contributed by atoms with Crippen molar-refractivity contribution in [2.45, 2.75) is 0 Å². The van der Waals surface area contributed by atoms with Crippen LogP contribution in [0.3, 0.4) is 0 Å². The van der Waals surface area contributed by atoms with Crippen molar-refractivity contribution in [3.05, 3.63) is 188 Å².